The highest BCUT2D eigenvalue weighted by atomic mass is 32.2. The molecule has 0 aliphatic carbocycles. The summed E-state index contributed by atoms with van der Waals surface area (Å²) in [4.78, 5) is 38.4. The summed E-state index contributed by atoms with van der Waals surface area (Å²) in [6, 6.07) is 9.32. The largest absolute Gasteiger partial charge is 0.474 e. The van der Waals surface area contributed by atoms with Crippen molar-refractivity contribution in [2.45, 2.75) is 38.7 Å². The molecular weight excluding hydrogens is 484 g/mol. The molecule has 0 atom stereocenters. The molecule has 2 aliphatic rings. The van der Waals surface area contributed by atoms with Crippen molar-refractivity contribution in [2.24, 2.45) is 0 Å². The molecule has 0 spiro atoms. The zero-order chi connectivity index (χ0) is 25.1. The van der Waals surface area contributed by atoms with Crippen LogP contribution in [0.25, 0.3) is 6.08 Å². The Labute approximate surface area is 211 Å². The summed E-state index contributed by atoms with van der Waals surface area (Å²) in [7, 11) is 0. The van der Waals surface area contributed by atoms with Gasteiger partial charge in [-0.1, -0.05) is 31.1 Å². The van der Waals surface area contributed by atoms with Crippen molar-refractivity contribution in [3.63, 3.8) is 0 Å². The van der Waals surface area contributed by atoms with Gasteiger partial charge in [0.05, 0.1) is 11.0 Å². The molecule has 0 saturated carbocycles. The van der Waals surface area contributed by atoms with Gasteiger partial charge in [0.1, 0.15) is 18.2 Å². The van der Waals surface area contributed by atoms with Crippen LogP contribution in [0.1, 0.15) is 44.0 Å². The molecule has 0 unspecified atom stereocenters. The molecule has 0 bridgehead atoms. The van der Waals surface area contributed by atoms with E-state index in [0.717, 1.165) is 43.3 Å². The van der Waals surface area contributed by atoms with E-state index in [2.05, 4.69) is 30.3 Å². The fourth-order valence-electron chi connectivity index (χ4n) is 3.73. The summed E-state index contributed by atoms with van der Waals surface area (Å²) in [5, 5.41) is 5.89. The Kier molecular flexibility index (Phi) is 6.85. The number of nitrogens with one attached hydrogen (secondary N) is 1. The molecule has 1 aromatic carbocycles. The highest BCUT2D eigenvalue weighted by Gasteiger charge is 2.26. The van der Waals surface area contributed by atoms with Gasteiger partial charge in [-0.25, -0.2) is 9.97 Å². The first kappa shape index (κ1) is 23.8. The lowest BCUT2D eigenvalue weighted by atomic mass is 10.1. The quantitative estimate of drug-likeness (QED) is 0.462. The van der Waals surface area contributed by atoms with Gasteiger partial charge >= 0.3 is 6.01 Å². The summed E-state index contributed by atoms with van der Waals surface area (Å²) < 4.78 is 17.4. The maximum absolute atomic E-state index is 11.8. The standard InChI is InChI=1S/C24H24N6O5S/c1-14(2)21-27-23(35-29-21)30-8-6-16(7-9-30)33-19-12-20(26-13-25-19)34-17-5-3-4-15(10-17)11-18-22(31)28-24(32)36-18/h3-5,10-14,16H,6-9H2,1-2H3,(H,28,31,32)/b18-11-. The number of ether oxygens (including phenoxy) is 2. The van der Waals surface area contributed by atoms with E-state index >= 15 is 0 Å². The summed E-state index contributed by atoms with van der Waals surface area (Å²) in [6.07, 6.45) is 4.58. The Balaban J connectivity index is 1.18. The van der Waals surface area contributed by atoms with Crippen molar-refractivity contribution >= 4 is 35.0 Å². The second-order valence-electron chi connectivity index (χ2n) is 8.62. The van der Waals surface area contributed by atoms with E-state index in [1.807, 2.05) is 19.9 Å². The first-order valence-electron chi connectivity index (χ1n) is 11.5. The predicted molar refractivity (Wildman–Crippen MR) is 132 cm³/mol. The Morgan fingerprint density at radius 2 is 1.97 bits per heavy atom. The van der Waals surface area contributed by atoms with Gasteiger partial charge in [0.2, 0.25) is 11.8 Å². The first-order chi connectivity index (χ1) is 17.4. The first-order valence-corrected chi connectivity index (χ1v) is 12.3. The molecule has 4 heterocycles. The number of imide groups is 1. The molecule has 36 heavy (non-hydrogen) atoms. The molecule has 2 aromatic heterocycles. The van der Waals surface area contributed by atoms with Crippen LogP contribution in [-0.2, 0) is 4.79 Å². The van der Waals surface area contributed by atoms with E-state index in [0.29, 0.717) is 34.3 Å². The topological polar surface area (TPSA) is 133 Å². The van der Waals surface area contributed by atoms with Crippen molar-refractivity contribution < 1.29 is 23.6 Å². The molecule has 11 nitrogen and oxygen atoms in total. The monoisotopic (exact) mass is 508 g/mol. The molecule has 2 aliphatic heterocycles. The molecule has 1 N–H and O–H groups in total. The van der Waals surface area contributed by atoms with Crippen molar-refractivity contribution in [3.8, 4) is 17.5 Å². The van der Waals surface area contributed by atoms with Crippen LogP contribution in [0.5, 0.6) is 17.5 Å². The van der Waals surface area contributed by atoms with Crippen LogP contribution in [0.4, 0.5) is 10.8 Å². The van der Waals surface area contributed by atoms with Gasteiger partial charge in [-0.05, 0) is 35.5 Å². The fraction of sp³-hybridized carbons (Fsp3) is 0.333. The van der Waals surface area contributed by atoms with E-state index < -0.39 is 5.91 Å². The van der Waals surface area contributed by atoms with E-state index in [1.54, 1.807) is 30.3 Å². The average Bonchev–Trinajstić information content (AvgIpc) is 3.47. The lowest BCUT2D eigenvalue weighted by molar-refractivity contribution is -0.115. The minimum atomic E-state index is -0.405. The molecule has 2 saturated heterocycles. The number of benzene rings is 1. The van der Waals surface area contributed by atoms with Gasteiger partial charge in [0, 0.05) is 31.8 Å². The minimum absolute atomic E-state index is 0.00999. The van der Waals surface area contributed by atoms with Crippen LogP contribution in [0.3, 0.4) is 0 Å². The average molecular weight is 509 g/mol. The van der Waals surface area contributed by atoms with Crippen LogP contribution in [0, 0.1) is 0 Å². The van der Waals surface area contributed by atoms with E-state index in [9.17, 15) is 9.59 Å². The predicted octanol–water partition coefficient (Wildman–Crippen LogP) is 4.15. The number of nitrogens with zero attached hydrogens (tertiary/aromatic N) is 5. The molecule has 12 heteroatoms. The normalized spacial score (nSPS) is 17.6. The third-order valence-electron chi connectivity index (χ3n) is 5.58. The summed E-state index contributed by atoms with van der Waals surface area (Å²) in [5.41, 5.74) is 0.721. The summed E-state index contributed by atoms with van der Waals surface area (Å²) in [5.74, 6) is 1.80. The number of amides is 2. The van der Waals surface area contributed by atoms with E-state index in [-0.39, 0.29) is 17.3 Å². The van der Waals surface area contributed by atoms with Gasteiger partial charge in [-0.2, -0.15) is 4.98 Å². The summed E-state index contributed by atoms with van der Waals surface area (Å²) in [6.45, 7) is 5.54. The number of thioether (sulfide) groups is 1. The highest BCUT2D eigenvalue weighted by molar-refractivity contribution is 8.18. The third kappa shape index (κ3) is 5.65. The van der Waals surface area contributed by atoms with Crippen LogP contribution in [-0.4, -0.2) is 50.4 Å². The van der Waals surface area contributed by atoms with Crippen LogP contribution in [0.2, 0.25) is 0 Å². The number of carbonyl (C=O) groups excluding carboxylic acids is 2. The third-order valence-corrected chi connectivity index (χ3v) is 6.40. The van der Waals surface area contributed by atoms with Crippen LogP contribution >= 0.6 is 11.8 Å². The van der Waals surface area contributed by atoms with E-state index in [1.165, 1.54) is 6.33 Å². The molecule has 3 aromatic rings. The maximum atomic E-state index is 11.8. The van der Waals surface area contributed by atoms with Gasteiger partial charge < -0.3 is 18.9 Å². The van der Waals surface area contributed by atoms with Crippen molar-refractivity contribution in [1.29, 1.82) is 0 Å². The second-order valence-corrected chi connectivity index (χ2v) is 9.63. The molecule has 2 amide bonds. The van der Waals surface area contributed by atoms with Crippen molar-refractivity contribution in [1.82, 2.24) is 25.4 Å². The zero-order valence-corrected chi connectivity index (χ0v) is 20.5. The van der Waals surface area contributed by atoms with Crippen molar-refractivity contribution in [3.05, 3.63) is 53.0 Å². The summed E-state index contributed by atoms with van der Waals surface area (Å²) >= 11 is 0.866. The number of hydrogen-bond acceptors (Lipinski definition) is 11. The Hall–Kier alpha value is -3.93. The molecule has 2 fully saturated rings. The molecule has 5 rings (SSSR count). The number of aromatic nitrogens is 4. The number of piperidine rings is 1. The van der Waals surface area contributed by atoms with Gasteiger partial charge in [-0.3, -0.25) is 14.9 Å². The number of carbonyl (C=O) groups is 2. The lowest BCUT2D eigenvalue weighted by Gasteiger charge is -2.30. The highest BCUT2D eigenvalue weighted by Crippen LogP contribution is 2.29. The Morgan fingerprint density at radius 1 is 1.17 bits per heavy atom. The Bertz CT molecular complexity index is 1300. The smallest absolute Gasteiger partial charge is 0.324 e. The molecule has 186 valence electrons. The van der Waals surface area contributed by atoms with Gasteiger partial charge in [0.15, 0.2) is 5.82 Å². The number of rotatable bonds is 7. The van der Waals surface area contributed by atoms with Gasteiger partial charge in [-0.15, -0.1) is 0 Å². The SMILES string of the molecule is CC(C)c1noc(N2CCC(Oc3cc(Oc4cccc(/C=C5\SC(=O)NC5=O)c4)ncn3)CC2)n1. The maximum Gasteiger partial charge on any atom is 0.324 e. The fourth-order valence-corrected chi connectivity index (χ4v) is 4.41. The second kappa shape index (κ2) is 10.4. The van der Waals surface area contributed by atoms with Crippen molar-refractivity contribution in [2.75, 3.05) is 18.0 Å². The zero-order valence-electron chi connectivity index (χ0n) is 19.7. The molecule has 0 radical (unpaired) electrons. The lowest BCUT2D eigenvalue weighted by Crippen LogP contribution is -2.38. The Morgan fingerprint density at radius 3 is 2.69 bits per heavy atom. The minimum Gasteiger partial charge on any atom is -0.474 e. The van der Waals surface area contributed by atoms with Crippen LogP contribution in [0.15, 0.2) is 46.1 Å². The number of hydrogen-bond donors (Lipinski definition) is 1. The van der Waals surface area contributed by atoms with Crippen LogP contribution < -0.4 is 19.7 Å². The number of anilines is 1. The molecular formula is C24H24N6O5S. The van der Waals surface area contributed by atoms with E-state index in [4.69, 9.17) is 14.0 Å². The van der Waals surface area contributed by atoms with Gasteiger partial charge in [0.25, 0.3) is 11.1 Å².